The summed E-state index contributed by atoms with van der Waals surface area (Å²) in [5, 5.41) is 0. The Hall–Kier alpha value is -0.710. The topological polar surface area (TPSA) is 20.7 Å². The van der Waals surface area contributed by atoms with E-state index in [0.29, 0.717) is 4.77 Å². The van der Waals surface area contributed by atoms with Gasteiger partial charge in [-0.05, 0) is 26.1 Å². The monoisotopic (exact) mass is 206 g/mol. The molecule has 13 heavy (non-hydrogen) atoms. The van der Waals surface area contributed by atoms with Gasteiger partial charge in [0.25, 0.3) is 0 Å². The van der Waals surface area contributed by atoms with Crippen LogP contribution in [0.4, 0.5) is 8.78 Å². The fourth-order valence-electron chi connectivity index (χ4n) is 1.07. The molecule has 5 heteroatoms. The SMILES string of the molecule is Cc1c[nH]c(=S)n1CCC(C)(F)F. The van der Waals surface area contributed by atoms with Crippen molar-refractivity contribution < 1.29 is 8.78 Å². The first kappa shape index (κ1) is 10.4. The molecule has 0 fully saturated rings. The summed E-state index contributed by atoms with van der Waals surface area (Å²) in [4.78, 5) is 2.81. The summed E-state index contributed by atoms with van der Waals surface area (Å²) < 4.78 is 27.2. The lowest BCUT2D eigenvalue weighted by Crippen LogP contribution is -2.14. The summed E-state index contributed by atoms with van der Waals surface area (Å²) in [6.45, 7) is 3.01. The zero-order valence-electron chi connectivity index (χ0n) is 7.60. The maximum absolute atomic E-state index is 12.5. The predicted molar refractivity (Wildman–Crippen MR) is 49.6 cm³/mol. The number of hydrogen-bond donors (Lipinski definition) is 1. The van der Waals surface area contributed by atoms with Gasteiger partial charge in [-0.15, -0.1) is 0 Å². The third-order valence-electron chi connectivity index (χ3n) is 1.85. The molecule has 0 atom stereocenters. The first-order chi connectivity index (χ1) is 5.90. The highest BCUT2D eigenvalue weighted by Crippen LogP contribution is 2.18. The molecular formula is C8H12F2N2S. The van der Waals surface area contributed by atoms with E-state index in [4.69, 9.17) is 12.2 Å². The molecule has 0 aliphatic heterocycles. The largest absolute Gasteiger partial charge is 0.337 e. The van der Waals surface area contributed by atoms with Crippen LogP contribution in [0.3, 0.4) is 0 Å². The predicted octanol–water partition coefficient (Wildman–Crippen LogP) is 2.90. The van der Waals surface area contributed by atoms with E-state index in [1.165, 1.54) is 0 Å². The lowest BCUT2D eigenvalue weighted by molar-refractivity contribution is 0.00849. The van der Waals surface area contributed by atoms with Crippen molar-refractivity contribution in [1.29, 1.82) is 0 Å². The molecule has 0 aliphatic rings. The number of nitrogens with one attached hydrogen (secondary N) is 1. The van der Waals surface area contributed by atoms with Gasteiger partial charge in [0, 0.05) is 24.9 Å². The number of alkyl halides is 2. The normalized spacial score (nSPS) is 12.0. The van der Waals surface area contributed by atoms with Gasteiger partial charge in [-0.25, -0.2) is 8.78 Å². The van der Waals surface area contributed by atoms with Crippen LogP contribution in [0.25, 0.3) is 0 Å². The number of aromatic nitrogens is 2. The van der Waals surface area contributed by atoms with E-state index >= 15 is 0 Å². The van der Waals surface area contributed by atoms with Gasteiger partial charge in [0.05, 0.1) is 0 Å². The van der Waals surface area contributed by atoms with Crippen LogP contribution in [0.1, 0.15) is 19.0 Å². The second kappa shape index (κ2) is 3.57. The van der Waals surface area contributed by atoms with Gasteiger partial charge in [0.1, 0.15) is 0 Å². The molecule has 74 valence electrons. The third kappa shape index (κ3) is 2.91. The average molecular weight is 206 g/mol. The van der Waals surface area contributed by atoms with Gasteiger partial charge < -0.3 is 9.55 Å². The highest BCUT2D eigenvalue weighted by atomic mass is 32.1. The molecule has 1 aromatic heterocycles. The molecular weight excluding hydrogens is 194 g/mol. The minimum atomic E-state index is -2.63. The molecule has 0 spiro atoms. The molecule has 0 saturated heterocycles. The summed E-state index contributed by atoms with van der Waals surface area (Å²) >= 11 is 4.92. The zero-order chi connectivity index (χ0) is 10.1. The van der Waals surface area contributed by atoms with Gasteiger partial charge in [0.15, 0.2) is 4.77 Å². The molecule has 1 aromatic rings. The van der Waals surface area contributed by atoms with Crippen molar-refractivity contribution in [3.63, 3.8) is 0 Å². The first-order valence-electron chi connectivity index (χ1n) is 4.03. The van der Waals surface area contributed by atoms with Crippen molar-refractivity contribution in [2.45, 2.75) is 32.7 Å². The minimum absolute atomic E-state index is 0.181. The van der Waals surface area contributed by atoms with Gasteiger partial charge in [-0.2, -0.15) is 0 Å². The fourth-order valence-corrected chi connectivity index (χ4v) is 1.36. The van der Waals surface area contributed by atoms with E-state index in [1.807, 2.05) is 6.92 Å². The van der Waals surface area contributed by atoms with E-state index in [2.05, 4.69) is 4.98 Å². The fraction of sp³-hybridized carbons (Fsp3) is 0.625. The van der Waals surface area contributed by atoms with E-state index in [9.17, 15) is 8.78 Å². The van der Waals surface area contributed by atoms with Gasteiger partial charge in [0.2, 0.25) is 5.92 Å². The van der Waals surface area contributed by atoms with Crippen LogP contribution in [0.15, 0.2) is 6.20 Å². The number of nitrogens with zero attached hydrogens (tertiary/aromatic N) is 1. The van der Waals surface area contributed by atoms with Gasteiger partial charge in [-0.1, -0.05) is 0 Å². The molecule has 2 nitrogen and oxygen atoms in total. The van der Waals surface area contributed by atoms with Crippen LogP contribution in [0.5, 0.6) is 0 Å². The Morgan fingerprint density at radius 2 is 2.23 bits per heavy atom. The third-order valence-corrected chi connectivity index (χ3v) is 2.19. The highest BCUT2D eigenvalue weighted by molar-refractivity contribution is 7.71. The zero-order valence-corrected chi connectivity index (χ0v) is 8.42. The van der Waals surface area contributed by atoms with Crippen LogP contribution in [-0.4, -0.2) is 15.5 Å². The van der Waals surface area contributed by atoms with Crippen molar-refractivity contribution in [2.24, 2.45) is 0 Å². The van der Waals surface area contributed by atoms with E-state index < -0.39 is 5.92 Å². The average Bonchev–Trinajstić information content (AvgIpc) is 2.27. The van der Waals surface area contributed by atoms with Crippen molar-refractivity contribution in [3.05, 3.63) is 16.7 Å². The van der Waals surface area contributed by atoms with Crippen LogP contribution in [0, 0.1) is 11.7 Å². The van der Waals surface area contributed by atoms with Crippen LogP contribution in [0.2, 0.25) is 0 Å². The number of halogens is 2. The number of aromatic amines is 1. The van der Waals surface area contributed by atoms with Gasteiger partial charge >= 0.3 is 0 Å². The maximum Gasteiger partial charge on any atom is 0.247 e. The molecule has 0 amide bonds. The Balaban J connectivity index is 2.70. The first-order valence-corrected chi connectivity index (χ1v) is 4.43. The Morgan fingerprint density at radius 3 is 2.62 bits per heavy atom. The Bertz CT molecular complexity index is 335. The van der Waals surface area contributed by atoms with Crippen molar-refractivity contribution in [2.75, 3.05) is 0 Å². The number of imidazole rings is 1. The minimum Gasteiger partial charge on any atom is -0.337 e. The molecule has 0 aliphatic carbocycles. The quantitative estimate of drug-likeness (QED) is 0.754. The summed E-state index contributed by atoms with van der Waals surface area (Å²) in [7, 11) is 0. The molecule has 0 bridgehead atoms. The Morgan fingerprint density at radius 1 is 1.62 bits per heavy atom. The molecule has 0 unspecified atom stereocenters. The van der Waals surface area contributed by atoms with Crippen molar-refractivity contribution in [3.8, 4) is 0 Å². The molecule has 1 N–H and O–H groups in total. The number of rotatable bonds is 3. The summed E-state index contributed by atoms with van der Waals surface area (Å²) in [5.41, 5.74) is 0.884. The lowest BCUT2D eigenvalue weighted by atomic mass is 10.2. The molecule has 0 aromatic carbocycles. The van der Waals surface area contributed by atoms with E-state index in [1.54, 1.807) is 10.8 Å². The second-order valence-corrected chi connectivity index (χ2v) is 3.59. The summed E-state index contributed by atoms with van der Waals surface area (Å²) in [5.74, 6) is -2.63. The maximum atomic E-state index is 12.5. The van der Waals surface area contributed by atoms with Gasteiger partial charge in [-0.3, -0.25) is 0 Å². The Kier molecular flexibility index (Phi) is 2.85. The smallest absolute Gasteiger partial charge is 0.247 e. The highest BCUT2D eigenvalue weighted by Gasteiger charge is 2.20. The molecule has 0 radical (unpaired) electrons. The van der Waals surface area contributed by atoms with Crippen molar-refractivity contribution >= 4 is 12.2 Å². The number of hydrogen-bond acceptors (Lipinski definition) is 1. The van der Waals surface area contributed by atoms with Crippen LogP contribution < -0.4 is 0 Å². The lowest BCUT2D eigenvalue weighted by Gasteiger charge is -2.11. The second-order valence-electron chi connectivity index (χ2n) is 3.21. The van der Waals surface area contributed by atoms with E-state index in [-0.39, 0.29) is 13.0 Å². The molecule has 1 rings (SSSR count). The number of aryl methyl sites for hydroxylation is 1. The van der Waals surface area contributed by atoms with E-state index in [0.717, 1.165) is 12.6 Å². The van der Waals surface area contributed by atoms with Crippen molar-refractivity contribution in [1.82, 2.24) is 9.55 Å². The molecule has 0 saturated carbocycles. The summed E-state index contributed by atoms with van der Waals surface area (Å²) in [6.07, 6.45) is 1.54. The van der Waals surface area contributed by atoms with Crippen LogP contribution >= 0.6 is 12.2 Å². The molecule has 1 heterocycles. The van der Waals surface area contributed by atoms with Crippen LogP contribution in [-0.2, 0) is 6.54 Å². The summed E-state index contributed by atoms with van der Waals surface area (Å²) in [6, 6.07) is 0. The number of H-pyrrole nitrogens is 1. The Labute approximate surface area is 80.6 Å². The standard InChI is InChI=1S/C8H12F2N2S/c1-6-5-11-7(13)12(6)4-3-8(2,9)10/h5H,3-4H2,1-2H3,(H,11,13).